The summed E-state index contributed by atoms with van der Waals surface area (Å²) < 4.78 is 22.7. The van der Waals surface area contributed by atoms with Gasteiger partial charge in [-0.25, -0.2) is 14.8 Å². The van der Waals surface area contributed by atoms with Crippen molar-refractivity contribution < 1.29 is 28.2 Å². The van der Waals surface area contributed by atoms with Crippen LogP contribution in [0.15, 0.2) is 57.6 Å². The van der Waals surface area contributed by atoms with Crippen molar-refractivity contribution in [2.24, 2.45) is 0 Å². The second-order valence-corrected chi connectivity index (χ2v) is 9.26. The maximum Gasteiger partial charge on any atom is 0.347 e. The summed E-state index contributed by atoms with van der Waals surface area (Å²) in [5.41, 5.74) is 2.87. The lowest BCUT2D eigenvalue weighted by Gasteiger charge is -2.24. The zero-order valence-electron chi connectivity index (χ0n) is 21.6. The maximum atomic E-state index is 11.5. The minimum Gasteiger partial charge on any atom is -0.493 e. The fourth-order valence-corrected chi connectivity index (χ4v) is 3.79. The Morgan fingerprint density at radius 3 is 2.57 bits per heavy atom. The normalized spacial score (nSPS) is 11.5. The molecule has 0 fully saturated rings. The van der Waals surface area contributed by atoms with E-state index in [1.165, 1.54) is 21.0 Å². The molecule has 0 spiro atoms. The fourth-order valence-electron chi connectivity index (χ4n) is 3.79. The number of aryl methyl sites for hydroxylation is 2. The lowest BCUT2D eigenvalue weighted by atomic mass is 10.1. The largest absolute Gasteiger partial charge is 0.493 e. The molecule has 0 saturated carbocycles. The number of carbonyl (C=O) groups is 1. The van der Waals surface area contributed by atoms with Crippen LogP contribution in [0.1, 0.15) is 48.0 Å². The van der Waals surface area contributed by atoms with Gasteiger partial charge in [-0.15, -0.1) is 0 Å². The van der Waals surface area contributed by atoms with Gasteiger partial charge >= 0.3 is 5.97 Å². The van der Waals surface area contributed by atoms with Crippen LogP contribution in [0.2, 0.25) is 0 Å². The number of nitrogens with one attached hydrogen (secondary N) is 1. The third kappa shape index (κ3) is 6.18. The van der Waals surface area contributed by atoms with Crippen molar-refractivity contribution in [2.75, 3.05) is 7.11 Å². The average Bonchev–Trinajstić information content (AvgIpc) is 3.47. The lowest BCUT2D eigenvalue weighted by molar-refractivity contribution is -0.152. The summed E-state index contributed by atoms with van der Waals surface area (Å²) in [6, 6.07) is 13.5. The molecule has 0 amide bonds. The van der Waals surface area contributed by atoms with E-state index < -0.39 is 11.6 Å². The molecule has 2 aromatic heterocycles. The van der Waals surface area contributed by atoms with E-state index in [9.17, 15) is 9.90 Å². The van der Waals surface area contributed by atoms with Crippen LogP contribution in [0.4, 0.5) is 0 Å². The third-order valence-corrected chi connectivity index (χ3v) is 5.86. The van der Waals surface area contributed by atoms with E-state index >= 15 is 0 Å². The number of oxazole rings is 2. The predicted octanol–water partition coefficient (Wildman–Crippen LogP) is 5.08. The summed E-state index contributed by atoms with van der Waals surface area (Å²) in [4.78, 5) is 20.7. The Hall–Kier alpha value is -4.11. The van der Waals surface area contributed by atoms with Crippen molar-refractivity contribution in [2.45, 2.75) is 52.8 Å². The van der Waals surface area contributed by atoms with E-state index in [1.807, 2.05) is 56.3 Å². The van der Waals surface area contributed by atoms with Gasteiger partial charge < -0.3 is 28.7 Å². The second-order valence-electron chi connectivity index (χ2n) is 9.26. The molecule has 2 heterocycles. The Labute approximate surface area is 215 Å². The number of aromatic nitrogens is 2. The van der Waals surface area contributed by atoms with Crippen LogP contribution in [0.3, 0.4) is 0 Å². The molecule has 2 N–H and O–H groups in total. The highest BCUT2D eigenvalue weighted by molar-refractivity contribution is 5.77. The minimum atomic E-state index is -1.38. The first-order valence-electron chi connectivity index (χ1n) is 11.9. The number of hydrogen-bond donors (Lipinski definition) is 2. The molecular formula is C28H31N3O6. The highest BCUT2D eigenvalue weighted by atomic mass is 16.5. The number of nitrogens with zero attached hydrogens (tertiary/aromatic N) is 2. The zero-order valence-corrected chi connectivity index (χ0v) is 21.6. The Morgan fingerprint density at radius 1 is 1.11 bits per heavy atom. The van der Waals surface area contributed by atoms with Crippen LogP contribution in [0.5, 0.6) is 11.5 Å². The van der Waals surface area contributed by atoms with Crippen molar-refractivity contribution in [1.29, 1.82) is 0 Å². The smallest absolute Gasteiger partial charge is 0.347 e. The molecule has 9 heteroatoms. The Morgan fingerprint density at radius 2 is 1.86 bits per heavy atom. The van der Waals surface area contributed by atoms with Gasteiger partial charge in [-0.3, -0.25) is 0 Å². The number of carboxylic acids is 1. The van der Waals surface area contributed by atoms with Gasteiger partial charge in [0.2, 0.25) is 11.8 Å². The molecule has 0 radical (unpaired) electrons. The number of carboxylic acid groups (broad SMARTS) is 1. The molecule has 4 rings (SSSR count). The highest BCUT2D eigenvalue weighted by Crippen LogP contribution is 2.35. The zero-order chi connectivity index (χ0) is 26.6. The Bertz CT molecular complexity index is 1370. The molecule has 0 bridgehead atoms. The van der Waals surface area contributed by atoms with Crippen LogP contribution >= 0.6 is 0 Å². The van der Waals surface area contributed by atoms with Crippen LogP contribution in [-0.2, 0) is 24.3 Å². The molecule has 0 saturated heterocycles. The topological polar surface area (TPSA) is 120 Å². The molecule has 2 aromatic carbocycles. The summed E-state index contributed by atoms with van der Waals surface area (Å²) in [6.45, 7) is 7.71. The first-order valence-corrected chi connectivity index (χ1v) is 11.9. The molecule has 0 unspecified atom stereocenters. The van der Waals surface area contributed by atoms with Gasteiger partial charge in [0.15, 0.2) is 17.1 Å². The van der Waals surface area contributed by atoms with Gasteiger partial charge in [0.05, 0.1) is 25.0 Å². The van der Waals surface area contributed by atoms with Gasteiger partial charge in [0, 0.05) is 18.5 Å². The molecular weight excluding hydrogens is 474 g/mol. The fraction of sp³-hybridized carbons (Fsp3) is 0.321. The van der Waals surface area contributed by atoms with Gasteiger partial charge in [-0.2, -0.15) is 0 Å². The number of hydrogen-bond acceptors (Lipinski definition) is 8. The molecule has 0 aliphatic rings. The number of rotatable bonds is 11. The van der Waals surface area contributed by atoms with E-state index in [1.54, 1.807) is 6.26 Å². The third-order valence-electron chi connectivity index (χ3n) is 5.86. The van der Waals surface area contributed by atoms with Crippen molar-refractivity contribution in [3.05, 3.63) is 82.9 Å². The maximum absolute atomic E-state index is 11.5. The van der Waals surface area contributed by atoms with Crippen molar-refractivity contribution in [1.82, 2.24) is 15.3 Å². The number of aliphatic carboxylic acids is 1. The first-order chi connectivity index (χ1) is 17.7. The van der Waals surface area contributed by atoms with E-state index in [0.717, 1.165) is 33.8 Å². The van der Waals surface area contributed by atoms with Crippen LogP contribution in [0, 0.1) is 13.8 Å². The first kappa shape index (κ1) is 26.0. The average molecular weight is 506 g/mol. The molecule has 0 atom stereocenters. The molecule has 4 aromatic rings. The quantitative estimate of drug-likeness (QED) is 0.288. The standard InChI is InChI=1S/C28H31N3O6/c1-17-11-19(12-23(34-5)25(17)37-28(3,4)27(32)33)14-29-15-24-30-21(16-35-24)13-22-18(2)36-26(31-22)20-9-7-6-8-10-20/h6-12,16,29H,13-15H2,1-5H3,(H,32,33). The molecule has 194 valence electrons. The molecule has 37 heavy (non-hydrogen) atoms. The second kappa shape index (κ2) is 10.9. The number of methoxy groups -OCH3 is 1. The van der Waals surface area contributed by atoms with Gasteiger partial charge in [-0.1, -0.05) is 24.3 Å². The number of ether oxygens (including phenoxy) is 2. The van der Waals surface area contributed by atoms with Gasteiger partial charge in [0.25, 0.3) is 0 Å². The van der Waals surface area contributed by atoms with Crippen LogP contribution in [-0.4, -0.2) is 33.8 Å². The van der Waals surface area contributed by atoms with Gasteiger partial charge in [-0.05, 0) is 57.0 Å². The number of benzene rings is 2. The predicted molar refractivity (Wildman–Crippen MR) is 137 cm³/mol. The summed E-state index contributed by atoms with van der Waals surface area (Å²) in [6.07, 6.45) is 2.15. The highest BCUT2D eigenvalue weighted by Gasteiger charge is 2.31. The van der Waals surface area contributed by atoms with Gasteiger partial charge in [0.1, 0.15) is 12.0 Å². The van der Waals surface area contributed by atoms with E-state index in [0.29, 0.717) is 42.8 Å². The summed E-state index contributed by atoms with van der Waals surface area (Å²) in [5.74, 6) is 1.74. The molecule has 9 nitrogen and oxygen atoms in total. The molecule has 0 aliphatic heterocycles. The summed E-state index contributed by atoms with van der Waals surface area (Å²) in [5, 5.41) is 12.7. The lowest BCUT2D eigenvalue weighted by Crippen LogP contribution is -2.38. The van der Waals surface area contributed by atoms with Crippen molar-refractivity contribution >= 4 is 5.97 Å². The van der Waals surface area contributed by atoms with Crippen molar-refractivity contribution in [3.8, 4) is 23.0 Å². The van der Waals surface area contributed by atoms with Crippen LogP contribution < -0.4 is 14.8 Å². The van der Waals surface area contributed by atoms with Crippen LogP contribution in [0.25, 0.3) is 11.5 Å². The minimum absolute atomic E-state index is 0.412. The Kier molecular flexibility index (Phi) is 7.63. The monoisotopic (exact) mass is 505 g/mol. The summed E-state index contributed by atoms with van der Waals surface area (Å²) >= 11 is 0. The Balaban J connectivity index is 1.36. The SMILES string of the molecule is COc1cc(CNCc2nc(Cc3nc(-c4ccccc4)oc3C)co2)cc(C)c1OC(C)(C)C(=O)O. The van der Waals surface area contributed by atoms with E-state index in [2.05, 4.69) is 15.3 Å². The van der Waals surface area contributed by atoms with Crippen molar-refractivity contribution in [3.63, 3.8) is 0 Å². The van der Waals surface area contributed by atoms with E-state index in [-0.39, 0.29) is 0 Å². The summed E-state index contributed by atoms with van der Waals surface area (Å²) in [7, 11) is 1.53. The van der Waals surface area contributed by atoms with E-state index in [4.69, 9.17) is 18.3 Å². The molecule has 0 aliphatic carbocycles.